The standard InChI is InChI=1S/C16H28N2O/c1-12(2)8-13(3)18(4)11-14-6-7-15(10-17)16(9-14)19-5/h6-7,9,12-13H,8,10-11,17H2,1-5H3. The van der Waals surface area contributed by atoms with Gasteiger partial charge in [0, 0.05) is 24.7 Å². The van der Waals surface area contributed by atoms with Crippen LogP contribution in [0.3, 0.4) is 0 Å². The normalized spacial score (nSPS) is 13.1. The third-order valence-corrected chi connectivity index (χ3v) is 3.57. The molecule has 1 rings (SSSR count). The lowest BCUT2D eigenvalue weighted by Crippen LogP contribution is -2.29. The van der Waals surface area contributed by atoms with Crippen LogP contribution in [0.5, 0.6) is 5.75 Å². The maximum Gasteiger partial charge on any atom is 0.123 e. The van der Waals surface area contributed by atoms with Crippen LogP contribution >= 0.6 is 0 Å². The summed E-state index contributed by atoms with van der Waals surface area (Å²) >= 11 is 0. The highest BCUT2D eigenvalue weighted by molar-refractivity contribution is 5.37. The molecular weight excluding hydrogens is 236 g/mol. The van der Waals surface area contributed by atoms with Gasteiger partial charge in [0.15, 0.2) is 0 Å². The highest BCUT2D eigenvalue weighted by atomic mass is 16.5. The van der Waals surface area contributed by atoms with Crippen molar-refractivity contribution in [3.8, 4) is 5.75 Å². The second kappa shape index (κ2) is 7.51. The maximum absolute atomic E-state index is 5.69. The van der Waals surface area contributed by atoms with Gasteiger partial charge < -0.3 is 10.5 Å². The summed E-state index contributed by atoms with van der Waals surface area (Å²) in [5, 5.41) is 0. The van der Waals surface area contributed by atoms with Gasteiger partial charge in [-0.2, -0.15) is 0 Å². The van der Waals surface area contributed by atoms with Crippen molar-refractivity contribution in [2.75, 3.05) is 14.2 Å². The minimum absolute atomic E-state index is 0.517. The first-order valence-electron chi connectivity index (χ1n) is 7.04. The largest absolute Gasteiger partial charge is 0.496 e. The molecule has 0 aliphatic rings. The van der Waals surface area contributed by atoms with Gasteiger partial charge in [0.05, 0.1) is 7.11 Å². The van der Waals surface area contributed by atoms with Crippen molar-refractivity contribution in [3.63, 3.8) is 0 Å². The topological polar surface area (TPSA) is 38.5 Å². The average molecular weight is 264 g/mol. The summed E-state index contributed by atoms with van der Waals surface area (Å²) in [5.74, 6) is 1.62. The Labute approximate surface area is 117 Å². The van der Waals surface area contributed by atoms with Crippen molar-refractivity contribution in [2.24, 2.45) is 11.7 Å². The Morgan fingerprint density at radius 2 is 1.95 bits per heavy atom. The smallest absolute Gasteiger partial charge is 0.123 e. The van der Waals surface area contributed by atoms with E-state index in [1.165, 1.54) is 12.0 Å². The maximum atomic E-state index is 5.69. The van der Waals surface area contributed by atoms with E-state index in [0.29, 0.717) is 12.6 Å². The summed E-state index contributed by atoms with van der Waals surface area (Å²) in [5.41, 5.74) is 8.02. The molecule has 1 atom stereocenters. The Hall–Kier alpha value is -1.06. The molecule has 1 aromatic rings. The van der Waals surface area contributed by atoms with Gasteiger partial charge in [0.25, 0.3) is 0 Å². The molecule has 0 aliphatic carbocycles. The van der Waals surface area contributed by atoms with Crippen LogP contribution in [0.2, 0.25) is 0 Å². The van der Waals surface area contributed by atoms with Crippen LogP contribution in [0, 0.1) is 5.92 Å². The average Bonchev–Trinajstić information content (AvgIpc) is 2.37. The molecule has 0 aromatic heterocycles. The zero-order valence-electron chi connectivity index (χ0n) is 12.9. The lowest BCUT2D eigenvalue weighted by molar-refractivity contribution is 0.220. The molecule has 2 N–H and O–H groups in total. The molecule has 0 amide bonds. The molecule has 0 saturated carbocycles. The van der Waals surface area contributed by atoms with Crippen LogP contribution < -0.4 is 10.5 Å². The molecule has 0 saturated heterocycles. The highest BCUT2D eigenvalue weighted by Gasteiger charge is 2.12. The highest BCUT2D eigenvalue weighted by Crippen LogP contribution is 2.21. The molecule has 0 heterocycles. The number of methoxy groups -OCH3 is 1. The molecule has 0 radical (unpaired) electrons. The number of ether oxygens (including phenoxy) is 1. The number of hydrogen-bond acceptors (Lipinski definition) is 3. The minimum Gasteiger partial charge on any atom is -0.496 e. The van der Waals surface area contributed by atoms with Gasteiger partial charge in [0.2, 0.25) is 0 Å². The van der Waals surface area contributed by atoms with Crippen molar-refractivity contribution in [2.45, 2.75) is 46.3 Å². The molecule has 0 bridgehead atoms. The number of nitrogens with two attached hydrogens (primary N) is 1. The second-order valence-electron chi connectivity index (χ2n) is 5.74. The first kappa shape index (κ1) is 16.0. The molecule has 3 heteroatoms. The third-order valence-electron chi connectivity index (χ3n) is 3.57. The van der Waals surface area contributed by atoms with Gasteiger partial charge in [0.1, 0.15) is 5.75 Å². The number of hydrogen-bond donors (Lipinski definition) is 1. The molecule has 0 spiro atoms. The molecule has 3 nitrogen and oxygen atoms in total. The van der Waals surface area contributed by atoms with Crippen molar-refractivity contribution < 1.29 is 4.74 Å². The van der Waals surface area contributed by atoms with Crippen LogP contribution in [0.1, 0.15) is 38.3 Å². The fraction of sp³-hybridized carbons (Fsp3) is 0.625. The van der Waals surface area contributed by atoms with Crippen LogP contribution in [-0.2, 0) is 13.1 Å². The van der Waals surface area contributed by atoms with Gasteiger partial charge in [-0.3, -0.25) is 4.90 Å². The summed E-state index contributed by atoms with van der Waals surface area (Å²) < 4.78 is 5.38. The van der Waals surface area contributed by atoms with Crippen LogP contribution in [-0.4, -0.2) is 25.1 Å². The Bertz CT molecular complexity index is 390. The van der Waals surface area contributed by atoms with Gasteiger partial charge >= 0.3 is 0 Å². The van der Waals surface area contributed by atoms with E-state index in [0.717, 1.165) is 23.8 Å². The predicted octanol–water partition coefficient (Wildman–Crippen LogP) is 3.02. The first-order chi connectivity index (χ1) is 8.97. The zero-order valence-corrected chi connectivity index (χ0v) is 12.9. The quantitative estimate of drug-likeness (QED) is 0.822. The van der Waals surface area contributed by atoms with E-state index >= 15 is 0 Å². The van der Waals surface area contributed by atoms with Crippen molar-refractivity contribution in [3.05, 3.63) is 29.3 Å². The Morgan fingerprint density at radius 3 is 2.47 bits per heavy atom. The fourth-order valence-corrected chi connectivity index (χ4v) is 2.36. The fourth-order valence-electron chi connectivity index (χ4n) is 2.36. The van der Waals surface area contributed by atoms with E-state index < -0.39 is 0 Å². The second-order valence-corrected chi connectivity index (χ2v) is 5.74. The summed E-state index contributed by atoms with van der Waals surface area (Å²) in [6.07, 6.45) is 1.22. The Balaban J connectivity index is 2.71. The van der Waals surface area contributed by atoms with Crippen molar-refractivity contribution in [1.29, 1.82) is 0 Å². The number of nitrogens with zero attached hydrogens (tertiary/aromatic N) is 1. The first-order valence-corrected chi connectivity index (χ1v) is 7.04. The molecular formula is C16H28N2O. The molecule has 0 aliphatic heterocycles. The minimum atomic E-state index is 0.517. The third kappa shape index (κ3) is 4.84. The molecule has 108 valence electrons. The molecule has 0 fully saturated rings. The Morgan fingerprint density at radius 1 is 1.26 bits per heavy atom. The van der Waals surface area contributed by atoms with E-state index in [-0.39, 0.29) is 0 Å². The molecule has 1 aromatic carbocycles. The van der Waals surface area contributed by atoms with Crippen LogP contribution in [0.4, 0.5) is 0 Å². The summed E-state index contributed by atoms with van der Waals surface area (Å²) in [4.78, 5) is 2.39. The lowest BCUT2D eigenvalue weighted by atomic mass is 10.0. The van der Waals surface area contributed by atoms with E-state index in [2.05, 4.69) is 50.9 Å². The van der Waals surface area contributed by atoms with E-state index in [9.17, 15) is 0 Å². The van der Waals surface area contributed by atoms with Gasteiger partial charge in [-0.05, 0) is 37.9 Å². The Kier molecular flexibility index (Phi) is 6.32. The van der Waals surface area contributed by atoms with Gasteiger partial charge in [-0.25, -0.2) is 0 Å². The predicted molar refractivity (Wildman–Crippen MR) is 81.3 cm³/mol. The molecule has 19 heavy (non-hydrogen) atoms. The SMILES string of the molecule is COc1cc(CN(C)C(C)CC(C)C)ccc1CN. The number of rotatable bonds is 7. The van der Waals surface area contributed by atoms with Crippen molar-refractivity contribution >= 4 is 0 Å². The summed E-state index contributed by atoms with van der Waals surface area (Å²) in [6, 6.07) is 6.89. The van der Waals surface area contributed by atoms with Gasteiger partial charge in [-0.15, -0.1) is 0 Å². The summed E-state index contributed by atoms with van der Waals surface area (Å²) in [7, 11) is 3.87. The lowest BCUT2D eigenvalue weighted by Gasteiger charge is -2.26. The van der Waals surface area contributed by atoms with Crippen LogP contribution in [0.25, 0.3) is 0 Å². The van der Waals surface area contributed by atoms with E-state index in [4.69, 9.17) is 10.5 Å². The summed E-state index contributed by atoms with van der Waals surface area (Å²) in [6.45, 7) is 8.27. The molecule has 1 unspecified atom stereocenters. The van der Waals surface area contributed by atoms with E-state index in [1.54, 1.807) is 7.11 Å². The number of benzene rings is 1. The zero-order chi connectivity index (χ0) is 14.4. The van der Waals surface area contributed by atoms with E-state index in [1.807, 2.05) is 0 Å². The van der Waals surface area contributed by atoms with Crippen LogP contribution in [0.15, 0.2) is 18.2 Å². The van der Waals surface area contributed by atoms with Crippen molar-refractivity contribution in [1.82, 2.24) is 4.90 Å². The monoisotopic (exact) mass is 264 g/mol. The van der Waals surface area contributed by atoms with Gasteiger partial charge in [-0.1, -0.05) is 26.0 Å².